The van der Waals surface area contributed by atoms with Crippen molar-refractivity contribution in [3.05, 3.63) is 0 Å². The summed E-state index contributed by atoms with van der Waals surface area (Å²) in [5, 5.41) is 7.75. The summed E-state index contributed by atoms with van der Waals surface area (Å²) in [5.74, 6) is 0. The quantitative estimate of drug-likeness (QED) is 0.611. The molecule has 0 aromatic rings. The first-order valence-corrected chi connectivity index (χ1v) is 14.0. The number of nitrogens with zero attached hydrogens (tertiary/aromatic N) is 6. The molecule has 0 aliphatic carbocycles. The molecule has 5 aliphatic rings. The third kappa shape index (κ3) is 5.32. The topological polar surface area (TPSA) is 43.5 Å². The van der Waals surface area contributed by atoms with Crippen molar-refractivity contribution >= 4 is 0 Å². The van der Waals surface area contributed by atoms with Gasteiger partial charge in [0.1, 0.15) is 0 Å². The Morgan fingerprint density at radius 3 is 1.06 bits per heavy atom. The predicted octanol–water partition coefficient (Wildman–Crippen LogP) is 2.16. The SMILES string of the molecule is CN1CN(C2CC(C)(C)NC(C)(C)C2)CN2CN3CN(C4CC(C)(C)NC(C)(C)C4)CN(C)C3C12. The molecule has 2 unspecified atom stereocenters. The van der Waals surface area contributed by atoms with Crippen LogP contribution in [0.25, 0.3) is 0 Å². The van der Waals surface area contributed by atoms with Gasteiger partial charge in [-0.2, -0.15) is 0 Å². The number of hydrogen-bond donors (Lipinski definition) is 2. The molecule has 8 nitrogen and oxygen atoms in total. The monoisotopic (exact) mass is 490 g/mol. The lowest BCUT2D eigenvalue weighted by Gasteiger charge is -2.55. The summed E-state index contributed by atoms with van der Waals surface area (Å²) in [6, 6.07) is 1.24. The summed E-state index contributed by atoms with van der Waals surface area (Å²) in [6.07, 6.45) is 5.80. The van der Waals surface area contributed by atoms with E-state index in [0.717, 1.165) is 33.3 Å². The average molecular weight is 491 g/mol. The van der Waals surface area contributed by atoms with Crippen LogP contribution in [0.2, 0.25) is 0 Å². The largest absolute Gasteiger partial charge is 0.307 e. The van der Waals surface area contributed by atoms with E-state index in [2.05, 4.69) is 110 Å². The first-order valence-electron chi connectivity index (χ1n) is 14.0. The molecule has 35 heavy (non-hydrogen) atoms. The summed E-state index contributed by atoms with van der Waals surface area (Å²) >= 11 is 0. The number of nitrogens with one attached hydrogen (secondary N) is 2. The molecular weight excluding hydrogens is 436 g/mol. The molecule has 0 aromatic heterocycles. The van der Waals surface area contributed by atoms with E-state index in [4.69, 9.17) is 0 Å². The lowest BCUT2D eigenvalue weighted by Crippen LogP contribution is -2.70. The molecule has 5 rings (SSSR count). The summed E-state index contributed by atoms with van der Waals surface area (Å²) < 4.78 is 0. The van der Waals surface area contributed by atoms with Crippen LogP contribution in [0.5, 0.6) is 0 Å². The van der Waals surface area contributed by atoms with Gasteiger partial charge >= 0.3 is 0 Å². The molecule has 202 valence electrons. The van der Waals surface area contributed by atoms with Crippen molar-refractivity contribution < 1.29 is 0 Å². The van der Waals surface area contributed by atoms with Crippen molar-refractivity contribution in [2.45, 2.75) is 128 Å². The summed E-state index contributed by atoms with van der Waals surface area (Å²) in [4.78, 5) is 16.3. The Bertz CT molecular complexity index is 698. The zero-order chi connectivity index (χ0) is 25.6. The molecular formula is C27H54N8. The van der Waals surface area contributed by atoms with Gasteiger partial charge in [-0.1, -0.05) is 0 Å². The highest BCUT2D eigenvalue weighted by atomic mass is 15.7. The Kier molecular flexibility index (Phi) is 6.46. The first kappa shape index (κ1) is 26.3. The van der Waals surface area contributed by atoms with Gasteiger partial charge < -0.3 is 10.6 Å². The number of piperidine rings is 2. The molecule has 2 N–H and O–H groups in total. The van der Waals surface area contributed by atoms with Crippen LogP contribution in [-0.4, -0.2) is 123 Å². The van der Waals surface area contributed by atoms with E-state index < -0.39 is 0 Å². The van der Waals surface area contributed by atoms with E-state index in [1.165, 1.54) is 25.7 Å². The molecule has 5 fully saturated rings. The minimum atomic E-state index is 0.182. The fourth-order valence-electron chi connectivity index (χ4n) is 8.86. The smallest absolute Gasteiger partial charge is 0.0950 e. The van der Waals surface area contributed by atoms with Gasteiger partial charge in [-0.15, -0.1) is 0 Å². The Hall–Kier alpha value is -0.320. The second kappa shape index (κ2) is 8.60. The van der Waals surface area contributed by atoms with Crippen LogP contribution in [-0.2, 0) is 0 Å². The van der Waals surface area contributed by atoms with E-state index in [1.54, 1.807) is 0 Å². The normalized spacial score (nSPS) is 37.9. The summed E-state index contributed by atoms with van der Waals surface area (Å²) in [6.45, 7) is 24.4. The van der Waals surface area contributed by atoms with Crippen LogP contribution in [0.15, 0.2) is 0 Å². The molecule has 0 bridgehead atoms. The van der Waals surface area contributed by atoms with E-state index in [-0.39, 0.29) is 22.2 Å². The molecule has 5 saturated heterocycles. The standard InChI is InChI=1S/C27H54N8/c1-24(2)11-20(12-25(3,4)28-24)32-15-30(9)22-23-31(10)16-33(18-35(23)19-34(22)17-32)21-13-26(5,6)29-27(7,8)14-21/h20-23,28-29H,11-19H2,1-10H3. The molecule has 0 saturated carbocycles. The Balaban J connectivity index is 1.29. The minimum Gasteiger partial charge on any atom is -0.307 e. The zero-order valence-electron chi connectivity index (χ0n) is 24.4. The van der Waals surface area contributed by atoms with Gasteiger partial charge in [-0.25, -0.2) is 0 Å². The molecule has 0 amide bonds. The highest BCUT2D eigenvalue weighted by molar-refractivity contribution is 5.04. The lowest BCUT2D eigenvalue weighted by atomic mass is 9.79. The van der Waals surface area contributed by atoms with Crippen LogP contribution >= 0.6 is 0 Å². The maximum atomic E-state index is 3.87. The van der Waals surface area contributed by atoms with Gasteiger partial charge in [0.15, 0.2) is 0 Å². The van der Waals surface area contributed by atoms with Crippen LogP contribution in [0.1, 0.15) is 81.1 Å². The lowest BCUT2D eigenvalue weighted by molar-refractivity contribution is -0.124. The number of likely N-dealkylation sites (N-methyl/N-ethyl adjacent to an activating group) is 2. The number of rotatable bonds is 2. The molecule has 0 aromatic carbocycles. The van der Waals surface area contributed by atoms with Crippen LogP contribution in [0.3, 0.4) is 0 Å². The molecule has 5 heterocycles. The average Bonchev–Trinajstić information content (AvgIpc) is 3.02. The fraction of sp³-hybridized carbons (Fsp3) is 1.00. The molecule has 5 aliphatic heterocycles. The van der Waals surface area contributed by atoms with Crippen molar-refractivity contribution in [2.24, 2.45) is 0 Å². The van der Waals surface area contributed by atoms with Gasteiger partial charge in [0.25, 0.3) is 0 Å². The van der Waals surface area contributed by atoms with Gasteiger partial charge in [0.2, 0.25) is 0 Å². The van der Waals surface area contributed by atoms with Crippen molar-refractivity contribution in [3.63, 3.8) is 0 Å². The van der Waals surface area contributed by atoms with Crippen LogP contribution in [0, 0.1) is 0 Å². The molecule has 0 spiro atoms. The van der Waals surface area contributed by atoms with Crippen molar-refractivity contribution in [3.8, 4) is 0 Å². The minimum absolute atomic E-state index is 0.182. The van der Waals surface area contributed by atoms with Gasteiger partial charge in [0, 0.05) is 34.2 Å². The van der Waals surface area contributed by atoms with Gasteiger partial charge in [0.05, 0.1) is 45.7 Å². The number of fused-ring (bicyclic) bond motifs is 3. The van der Waals surface area contributed by atoms with Crippen molar-refractivity contribution in [2.75, 3.05) is 47.4 Å². The zero-order valence-corrected chi connectivity index (χ0v) is 24.4. The fourth-order valence-corrected chi connectivity index (χ4v) is 8.86. The third-order valence-electron chi connectivity index (χ3n) is 9.19. The van der Waals surface area contributed by atoms with Crippen molar-refractivity contribution in [1.29, 1.82) is 0 Å². The highest BCUT2D eigenvalue weighted by Gasteiger charge is 2.52. The second-order valence-corrected chi connectivity index (χ2v) is 15.3. The molecule has 2 atom stereocenters. The second-order valence-electron chi connectivity index (χ2n) is 15.3. The van der Waals surface area contributed by atoms with Crippen LogP contribution < -0.4 is 10.6 Å². The maximum Gasteiger partial charge on any atom is 0.0950 e. The Morgan fingerprint density at radius 2 is 0.743 bits per heavy atom. The van der Waals surface area contributed by atoms with E-state index in [9.17, 15) is 0 Å². The molecule has 0 radical (unpaired) electrons. The van der Waals surface area contributed by atoms with Crippen molar-refractivity contribution in [1.82, 2.24) is 40.0 Å². The third-order valence-corrected chi connectivity index (χ3v) is 9.19. The van der Waals surface area contributed by atoms with E-state index in [1.807, 2.05) is 0 Å². The van der Waals surface area contributed by atoms with E-state index in [0.29, 0.717) is 24.4 Å². The van der Waals surface area contributed by atoms with Crippen LogP contribution in [0.4, 0.5) is 0 Å². The predicted molar refractivity (Wildman–Crippen MR) is 143 cm³/mol. The Morgan fingerprint density at radius 1 is 0.457 bits per heavy atom. The number of hydrogen-bond acceptors (Lipinski definition) is 8. The van der Waals surface area contributed by atoms with Gasteiger partial charge in [-0.3, -0.25) is 29.4 Å². The Labute approximate surface area is 215 Å². The first-order chi connectivity index (χ1) is 16.0. The van der Waals surface area contributed by atoms with Gasteiger partial charge in [-0.05, 0) is 95.2 Å². The maximum absolute atomic E-state index is 3.87. The highest BCUT2D eigenvalue weighted by Crippen LogP contribution is 2.38. The summed E-state index contributed by atoms with van der Waals surface area (Å²) in [7, 11) is 4.70. The van der Waals surface area contributed by atoms with E-state index >= 15 is 0 Å². The summed E-state index contributed by atoms with van der Waals surface area (Å²) in [5.41, 5.74) is 0.728. The molecule has 8 heteroatoms.